The van der Waals surface area contributed by atoms with E-state index in [1.807, 2.05) is 49.4 Å². The minimum Gasteiger partial charge on any atom is -0.481 e. The Labute approximate surface area is 184 Å². The highest BCUT2D eigenvalue weighted by molar-refractivity contribution is 7.17. The fraction of sp³-hybridized carbons (Fsp3) is 0.375. The highest BCUT2D eigenvalue weighted by Gasteiger charge is 2.48. The van der Waals surface area contributed by atoms with Gasteiger partial charge in [0.05, 0.1) is 18.4 Å². The number of ether oxygens (including phenoxy) is 1. The number of allylic oxidation sites excluding steroid dienone is 2. The van der Waals surface area contributed by atoms with Gasteiger partial charge in [-0.15, -0.1) is 11.3 Å². The topological polar surface area (TPSA) is 92.7 Å². The lowest BCUT2D eigenvalue weighted by molar-refractivity contribution is -0.151. The maximum absolute atomic E-state index is 13.3. The molecule has 0 saturated heterocycles. The summed E-state index contributed by atoms with van der Waals surface area (Å²) in [7, 11) is 0. The van der Waals surface area contributed by atoms with Gasteiger partial charge in [-0.3, -0.25) is 9.59 Å². The zero-order chi connectivity index (χ0) is 22.1. The van der Waals surface area contributed by atoms with Crippen molar-refractivity contribution >= 4 is 34.2 Å². The minimum atomic E-state index is -0.947. The summed E-state index contributed by atoms with van der Waals surface area (Å²) in [6.45, 7) is 3.85. The van der Waals surface area contributed by atoms with Gasteiger partial charge in [-0.25, -0.2) is 4.79 Å². The van der Waals surface area contributed by atoms with Crippen LogP contribution in [0.1, 0.15) is 35.0 Å². The molecule has 3 aliphatic rings. The Hall–Kier alpha value is -2.93. The molecule has 1 aromatic heterocycles. The van der Waals surface area contributed by atoms with E-state index in [-0.39, 0.29) is 24.3 Å². The van der Waals surface area contributed by atoms with Crippen LogP contribution in [-0.2, 0) is 14.3 Å². The van der Waals surface area contributed by atoms with E-state index in [0.717, 1.165) is 28.8 Å². The molecule has 1 heterocycles. The Morgan fingerprint density at radius 2 is 1.74 bits per heavy atom. The molecule has 0 aliphatic heterocycles. The van der Waals surface area contributed by atoms with Crippen LogP contribution in [0.25, 0.3) is 11.1 Å². The molecule has 1 amide bonds. The maximum Gasteiger partial charge on any atom is 0.341 e. The van der Waals surface area contributed by atoms with Gasteiger partial charge in [0.15, 0.2) is 0 Å². The number of carboxylic acid groups (broad SMARTS) is 1. The summed E-state index contributed by atoms with van der Waals surface area (Å²) >= 11 is 1.31. The van der Waals surface area contributed by atoms with Crippen LogP contribution in [0.2, 0.25) is 0 Å². The third-order valence-electron chi connectivity index (χ3n) is 6.20. The Kier molecular flexibility index (Phi) is 5.96. The zero-order valence-corrected chi connectivity index (χ0v) is 18.3. The van der Waals surface area contributed by atoms with Crippen LogP contribution in [0.15, 0.2) is 42.5 Å². The number of fused-ring (bicyclic) bond motifs is 2. The van der Waals surface area contributed by atoms with Crippen molar-refractivity contribution in [3.05, 3.63) is 52.9 Å². The molecule has 6 nitrogen and oxygen atoms in total. The van der Waals surface area contributed by atoms with Gasteiger partial charge in [0.1, 0.15) is 10.6 Å². The number of nitrogens with one attached hydrogen (secondary N) is 1. The maximum atomic E-state index is 13.3. The highest BCUT2D eigenvalue weighted by atomic mass is 32.1. The Morgan fingerprint density at radius 1 is 1.10 bits per heavy atom. The van der Waals surface area contributed by atoms with Gasteiger partial charge >= 0.3 is 11.9 Å². The number of hydrogen-bond donors (Lipinski definition) is 2. The van der Waals surface area contributed by atoms with E-state index in [2.05, 4.69) is 5.32 Å². The predicted octanol–water partition coefficient (Wildman–Crippen LogP) is 4.75. The number of aryl methyl sites for hydroxylation is 1. The second-order valence-corrected chi connectivity index (χ2v) is 9.22. The van der Waals surface area contributed by atoms with Crippen molar-refractivity contribution in [1.82, 2.24) is 0 Å². The molecule has 2 aromatic rings. The lowest BCUT2D eigenvalue weighted by Crippen LogP contribution is -2.47. The SMILES string of the molecule is CCOC(=O)c1c(NC(=O)[C@H]2[C@@H](C(=O)O)[C@H]3C=C[C@@H]2CC3)sc(C)c1-c1ccccc1. The van der Waals surface area contributed by atoms with Crippen molar-refractivity contribution in [2.45, 2.75) is 26.7 Å². The second-order valence-electron chi connectivity index (χ2n) is 7.99. The average Bonchev–Trinajstić information content (AvgIpc) is 3.10. The molecular weight excluding hydrogens is 414 g/mol. The molecule has 31 heavy (non-hydrogen) atoms. The lowest BCUT2D eigenvalue weighted by atomic mass is 9.62. The number of carbonyl (C=O) groups is 3. The van der Waals surface area contributed by atoms with Crippen molar-refractivity contribution in [2.24, 2.45) is 23.7 Å². The molecule has 3 aliphatic carbocycles. The van der Waals surface area contributed by atoms with Crippen molar-refractivity contribution in [3.8, 4) is 11.1 Å². The molecule has 5 rings (SSSR count). The summed E-state index contributed by atoms with van der Waals surface area (Å²) in [6.07, 6.45) is 5.49. The number of rotatable bonds is 6. The molecule has 2 N–H and O–H groups in total. The molecular formula is C24H25NO5S. The smallest absolute Gasteiger partial charge is 0.341 e. The first-order chi connectivity index (χ1) is 14.9. The Balaban J connectivity index is 1.71. The van der Waals surface area contributed by atoms with Crippen molar-refractivity contribution < 1.29 is 24.2 Å². The fourth-order valence-electron chi connectivity index (χ4n) is 4.87. The van der Waals surface area contributed by atoms with Crippen LogP contribution < -0.4 is 5.32 Å². The number of benzene rings is 1. The number of esters is 1. The van der Waals surface area contributed by atoms with Crippen LogP contribution in [0.5, 0.6) is 0 Å². The van der Waals surface area contributed by atoms with E-state index in [0.29, 0.717) is 10.6 Å². The summed E-state index contributed by atoms with van der Waals surface area (Å²) in [4.78, 5) is 39.0. The van der Waals surface area contributed by atoms with Crippen LogP contribution in [-0.4, -0.2) is 29.6 Å². The monoisotopic (exact) mass is 439 g/mol. The van der Waals surface area contributed by atoms with E-state index in [4.69, 9.17) is 4.74 Å². The summed E-state index contributed by atoms with van der Waals surface area (Å²) in [5, 5.41) is 13.1. The third kappa shape index (κ3) is 3.90. The van der Waals surface area contributed by atoms with Crippen LogP contribution in [0, 0.1) is 30.6 Å². The molecule has 7 heteroatoms. The summed E-state index contributed by atoms with van der Waals surface area (Å²) in [5.41, 5.74) is 1.93. The molecule has 0 radical (unpaired) electrons. The molecule has 0 unspecified atom stereocenters. The largest absolute Gasteiger partial charge is 0.481 e. The first kappa shape index (κ1) is 21.3. The fourth-order valence-corrected chi connectivity index (χ4v) is 5.93. The van der Waals surface area contributed by atoms with Crippen LogP contribution in [0.3, 0.4) is 0 Å². The van der Waals surface area contributed by atoms with Gasteiger partial charge in [-0.05, 0) is 44.1 Å². The van der Waals surface area contributed by atoms with Gasteiger partial charge < -0.3 is 15.2 Å². The summed E-state index contributed by atoms with van der Waals surface area (Å²) < 4.78 is 5.29. The molecule has 162 valence electrons. The van der Waals surface area contributed by atoms with Gasteiger partial charge in [-0.1, -0.05) is 42.5 Å². The Bertz CT molecular complexity index is 1040. The number of carbonyl (C=O) groups excluding carboxylic acids is 2. The quantitative estimate of drug-likeness (QED) is 0.500. The van der Waals surface area contributed by atoms with E-state index >= 15 is 0 Å². The van der Waals surface area contributed by atoms with E-state index < -0.39 is 23.8 Å². The van der Waals surface area contributed by atoms with E-state index in [1.165, 1.54) is 11.3 Å². The second kappa shape index (κ2) is 8.67. The standard InChI is InChI=1S/C24H25NO5S/c1-3-30-24(29)20-17(14-7-5-4-6-8-14)13(2)31-22(20)25-21(26)18-15-9-11-16(12-10-15)19(18)23(27)28/h4-9,11,15-16,18-19H,3,10,12H2,1-2H3,(H,25,26)(H,27,28)/t15-,16+,18-,19+/m1/s1. The van der Waals surface area contributed by atoms with Gasteiger partial charge in [0.2, 0.25) is 5.91 Å². The number of carboxylic acids is 1. The number of amides is 1. The number of anilines is 1. The number of hydrogen-bond acceptors (Lipinski definition) is 5. The minimum absolute atomic E-state index is 0.105. The Morgan fingerprint density at radius 3 is 2.32 bits per heavy atom. The van der Waals surface area contributed by atoms with Gasteiger partial charge in [0.25, 0.3) is 0 Å². The van der Waals surface area contributed by atoms with Crippen molar-refractivity contribution in [1.29, 1.82) is 0 Å². The molecule has 1 aromatic carbocycles. The predicted molar refractivity (Wildman–Crippen MR) is 119 cm³/mol. The molecule has 1 saturated carbocycles. The molecule has 0 spiro atoms. The first-order valence-electron chi connectivity index (χ1n) is 10.5. The molecule has 4 atom stereocenters. The molecule has 2 bridgehead atoms. The first-order valence-corrected chi connectivity index (χ1v) is 11.3. The lowest BCUT2D eigenvalue weighted by Gasteiger charge is -2.41. The summed E-state index contributed by atoms with van der Waals surface area (Å²) in [6, 6.07) is 9.50. The van der Waals surface area contributed by atoms with Crippen molar-refractivity contribution in [2.75, 3.05) is 11.9 Å². The number of aliphatic carboxylic acids is 1. The van der Waals surface area contributed by atoms with Gasteiger partial charge in [-0.2, -0.15) is 0 Å². The normalized spacial score (nSPS) is 24.1. The third-order valence-corrected chi connectivity index (χ3v) is 7.22. The van der Waals surface area contributed by atoms with E-state index in [9.17, 15) is 19.5 Å². The zero-order valence-electron chi connectivity index (χ0n) is 17.5. The number of thiophene rings is 1. The van der Waals surface area contributed by atoms with Gasteiger partial charge in [0, 0.05) is 10.4 Å². The molecule has 1 fully saturated rings. The average molecular weight is 440 g/mol. The van der Waals surface area contributed by atoms with Crippen LogP contribution in [0.4, 0.5) is 5.00 Å². The summed E-state index contributed by atoms with van der Waals surface area (Å²) in [5.74, 6) is -3.43. The van der Waals surface area contributed by atoms with Crippen molar-refractivity contribution in [3.63, 3.8) is 0 Å². The van der Waals surface area contributed by atoms with E-state index in [1.54, 1.807) is 6.92 Å². The highest BCUT2D eigenvalue weighted by Crippen LogP contribution is 2.46. The van der Waals surface area contributed by atoms with Crippen LogP contribution >= 0.6 is 11.3 Å².